The van der Waals surface area contributed by atoms with E-state index >= 15 is 0 Å². The number of anilines is 2. The van der Waals surface area contributed by atoms with E-state index in [1.54, 1.807) is 4.52 Å². The molecular formula is C20H26N8O2. The van der Waals surface area contributed by atoms with Crippen molar-refractivity contribution in [3.8, 4) is 6.01 Å². The van der Waals surface area contributed by atoms with Crippen LogP contribution in [0.2, 0.25) is 0 Å². The second-order valence-electron chi connectivity index (χ2n) is 7.85. The number of aryl methyl sites for hydroxylation is 1. The molecule has 0 amide bonds. The van der Waals surface area contributed by atoms with Gasteiger partial charge in [-0.3, -0.25) is 0 Å². The van der Waals surface area contributed by atoms with Gasteiger partial charge in [0.25, 0.3) is 0 Å². The van der Waals surface area contributed by atoms with Crippen molar-refractivity contribution in [1.29, 1.82) is 0 Å². The van der Waals surface area contributed by atoms with E-state index in [0.717, 1.165) is 55.8 Å². The number of nitrogens with one attached hydrogen (secondary N) is 1. The topological polar surface area (TPSA) is 103 Å². The van der Waals surface area contributed by atoms with Crippen molar-refractivity contribution < 1.29 is 9.47 Å². The predicted molar refractivity (Wildman–Crippen MR) is 111 cm³/mol. The monoisotopic (exact) mass is 410 g/mol. The van der Waals surface area contributed by atoms with Crippen molar-refractivity contribution in [2.75, 3.05) is 36.5 Å². The van der Waals surface area contributed by atoms with Crippen molar-refractivity contribution in [3.63, 3.8) is 0 Å². The Morgan fingerprint density at radius 1 is 1.07 bits per heavy atom. The summed E-state index contributed by atoms with van der Waals surface area (Å²) in [5.41, 5.74) is 1.80. The normalized spacial score (nSPS) is 22.2. The van der Waals surface area contributed by atoms with Crippen LogP contribution in [0.1, 0.15) is 31.2 Å². The summed E-state index contributed by atoms with van der Waals surface area (Å²) in [6.45, 7) is 5.03. The average molecular weight is 410 g/mol. The predicted octanol–water partition coefficient (Wildman–Crippen LogP) is 1.86. The molecule has 2 aliphatic rings. The Labute approximate surface area is 174 Å². The molecule has 1 aliphatic heterocycles. The minimum Gasteiger partial charge on any atom is -0.460 e. The Kier molecular flexibility index (Phi) is 5.31. The summed E-state index contributed by atoms with van der Waals surface area (Å²) in [6.07, 6.45) is 9.15. The number of ether oxygens (including phenoxy) is 2. The highest BCUT2D eigenvalue weighted by Crippen LogP contribution is 2.26. The Hall–Kier alpha value is -3.01. The second kappa shape index (κ2) is 8.39. The summed E-state index contributed by atoms with van der Waals surface area (Å²) in [4.78, 5) is 20.0. The first-order chi connectivity index (χ1) is 14.7. The van der Waals surface area contributed by atoms with E-state index in [1.165, 1.54) is 6.33 Å². The number of morpholine rings is 1. The molecule has 0 atom stereocenters. The van der Waals surface area contributed by atoms with Gasteiger partial charge in [-0.15, -0.1) is 0 Å². The van der Waals surface area contributed by atoms with Gasteiger partial charge in [0.15, 0.2) is 5.65 Å². The lowest BCUT2D eigenvalue weighted by Gasteiger charge is -2.30. The number of hydrogen-bond acceptors (Lipinski definition) is 9. The average Bonchev–Trinajstić information content (AvgIpc) is 3.26. The Balaban J connectivity index is 1.24. The molecule has 2 fully saturated rings. The van der Waals surface area contributed by atoms with E-state index in [9.17, 15) is 0 Å². The summed E-state index contributed by atoms with van der Waals surface area (Å²) >= 11 is 0. The highest BCUT2D eigenvalue weighted by molar-refractivity contribution is 5.52. The molecule has 3 aromatic heterocycles. The molecule has 1 saturated carbocycles. The Morgan fingerprint density at radius 2 is 1.83 bits per heavy atom. The molecule has 1 saturated heterocycles. The molecule has 4 heterocycles. The van der Waals surface area contributed by atoms with Crippen LogP contribution in [0.15, 0.2) is 24.8 Å². The molecule has 30 heavy (non-hydrogen) atoms. The lowest BCUT2D eigenvalue weighted by atomic mass is 9.93. The molecule has 0 aromatic carbocycles. The van der Waals surface area contributed by atoms with Gasteiger partial charge in [0, 0.05) is 37.6 Å². The molecule has 0 radical (unpaired) electrons. The van der Waals surface area contributed by atoms with E-state index in [-0.39, 0.29) is 6.10 Å². The third-order valence-electron chi connectivity index (χ3n) is 5.62. The van der Waals surface area contributed by atoms with Crippen molar-refractivity contribution in [3.05, 3.63) is 30.4 Å². The SMILES string of the molecule is Cc1cnc(N[C@H]2CC[C@@H](Oc3nc(N4CCOCC4)cc4ncnn34)CC2)nc1. The minimum absolute atomic E-state index is 0.0989. The zero-order valence-electron chi connectivity index (χ0n) is 17.1. The zero-order valence-corrected chi connectivity index (χ0v) is 17.1. The maximum Gasteiger partial charge on any atom is 0.321 e. The van der Waals surface area contributed by atoms with Gasteiger partial charge in [0.05, 0.1) is 13.2 Å². The van der Waals surface area contributed by atoms with Gasteiger partial charge in [-0.25, -0.2) is 15.0 Å². The Morgan fingerprint density at radius 3 is 2.60 bits per heavy atom. The van der Waals surface area contributed by atoms with Crippen LogP contribution in [0.3, 0.4) is 0 Å². The maximum absolute atomic E-state index is 6.31. The molecule has 10 heteroatoms. The highest BCUT2D eigenvalue weighted by atomic mass is 16.5. The lowest BCUT2D eigenvalue weighted by Crippen LogP contribution is -2.37. The molecule has 10 nitrogen and oxygen atoms in total. The van der Waals surface area contributed by atoms with Gasteiger partial charge in [-0.05, 0) is 38.2 Å². The molecule has 0 spiro atoms. The number of aromatic nitrogens is 6. The first-order valence-corrected chi connectivity index (χ1v) is 10.5. The largest absolute Gasteiger partial charge is 0.460 e. The van der Waals surface area contributed by atoms with Crippen LogP contribution in [0.4, 0.5) is 11.8 Å². The fraction of sp³-hybridized carbons (Fsp3) is 0.550. The van der Waals surface area contributed by atoms with Crippen LogP contribution in [0.25, 0.3) is 5.65 Å². The van der Waals surface area contributed by atoms with E-state index in [4.69, 9.17) is 14.5 Å². The number of nitrogens with zero attached hydrogens (tertiary/aromatic N) is 7. The second-order valence-corrected chi connectivity index (χ2v) is 7.85. The van der Waals surface area contributed by atoms with Gasteiger partial charge in [0.1, 0.15) is 18.2 Å². The standard InChI is InChI=1S/C20H26N8O2/c1-14-11-21-19(22-12-14)25-15-2-4-16(5-3-15)30-20-26-18(27-6-8-29-9-7-27)10-17-23-13-24-28(17)20/h10-13,15-16H,2-9H2,1H3,(H,21,22,25)/t15-,16+. The molecule has 0 unspecified atom stereocenters. The number of rotatable bonds is 5. The molecule has 158 valence electrons. The van der Waals surface area contributed by atoms with E-state index in [0.29, 0.717) is 31.2 Å². The molecule has 1 aliphatic carbocycles. The van der Waals surface area contributed by atoms with E-state index in [2.05, 4.69) is 30.3 Å². The van der Waals surface area contributed by atoms with Crippen LogP contribution in [-0.4, -0.2) is 68.0 Å². The van der Waals surface area contributed by atoms with Gasteiger partial charge < -0.3 is 19.7 Å². The summed E-state index contributed by atoms with van der Waals surface area (Å²) in [5.74, 6) is 1.55. The van der Waals surface area contributed by atoms with Gasteiger partial charge in [-0.2, -0.15) is 14.6 Å². The van der Waals surface area contributed by atoms with E-state index in [1.807, 2.05) is 25.4 Å². The van der Waals surface area contributed by atoms with Crippen LogP contribution in [-0.2, 0) is 4.74 Å². The van der Waals surface area contributed by atoms with Gasteiger partial charge in [0.2, 0.25) is 5.95 Å². The summed E-state index contributed by atoms with van der Waals surface area (Å²) in [5, 5.41) is 7.72. The molecule has 5 rings (SSSR count). The minimum atomic E-state index is 0.0989. The summed E-state index contributed by atoms with van der Waals surface area (Å²) in [7, 11) is 0. The fourth-order valence-electron chi connectivity index (χ4n) is 3.94. The summed E-state index contributed by atoms with van der Waals surface area (Å²) in [6, 6.07) is 2.81. The summed E-state index contributed by atoms with van der Waals surface area (Å²) < 4.78 is 13.4. The third kappa shape index (κ3) is 4.13. The Bertz CT molecular complexity index is 978. The number of fused-ring (bicyclic) bond motifs is 1. The smallest absolute Gasteiger partial charge is 0.321 e. The highest BCUT2D eigenvalue weighted by Gasteiger charge is 2.25. The van der Waals surface area contributed by atoms with Gasteiger partial charge >= 0.3 is 6.01 Å². The van der Waals surface area contributed by atoms with Crippen molar-refractivity contribution in [2.24, 2.45) is 0 Å². The first-order valence-electron chi connectivity index (χ1n) is 10.5. The quantitative estimate of drug-likeness (QED) is 0.675. The zero-order chi connectivity index (χ0) is 20.3. The first kappa shape index (κ1) is 19.0. The van der Waals surface area contributed by atoms with Crippen LogP contribution in [0.5, 0.6) is 6.01 Å². The van der Waals surface area contributed by atoms with Crippen LogP contribution >= 0.6 is 0 Å². The van der Waals surface area contributed by atoms with Crippen molar-refractivity contribution in [2.45, 2.75) is 44.8 Å². The molecule has 3 aromatic rings. The third-order valence-corrected chi connectivity index (χ3v) is 5.62. The fourth-order valence-corrected chi connectivity index (χ4v) is 3.94. The number of hydrogen-bond donors (Lipinski definition) is 1. The molecule has 0 bridgehead atoms. The van der Waals surface area contributed by atoms with E-state index < -0.39 is 0 Å². The molecular weight excluding hydrogens is 384 g/mol. The lowest BCUT2D eigenvalue weighted by molar-refractivity contribution is 0.121. The van der Waals surface area contributed by atoms with Gasteiger partial charge in [-0.1, -0.05) is 0 Å². The van der Waals surface area contributed by atoms with Crippen molar-refractivity contribution >= 4 is 17.4 Å². The maximum atomic E-state index is 6.31. The van der Waals surface area contributed by atoms with Crippen molar-refractivity contribution in [1.82, 2.24) is 29.5 Å². The molecule has 1 N–H and O–H groups in total. The van der Waals surface area contributed by atoms with Crippen LogP contribution in [0, 0.1) is 6.92 Å². The van der Waals surface area contributed by atoms with Crippen LogP contribution < -0.4 is 15.0 Å².